The van der Waals surface area contributed by atoms with E-state index < -0.39 is 0 Å². The molecule has 1 unspecified atom stereocenters. The van der Waals surface area contributed by atoms with Crippen molar-refractivity contribution in [2.75, 3.05) is 36.5 Å². The zero-order valence-corrected chi connectivity index (χ0v) is 14.1. The van der Waals surface area contributed by atoms with Crippen molar-refractivity contribution >= 4 is 11.4 Å². The van der Waals surface area contributed by atoms with E-state index in [1.807, 2.05) is 0 Å². The molecule has 3 heterocycles. The van der Waals surface area contributed by atoms with E-state index >= 15 is 0 Å². The molecule has 0 spiro atoms. The highest BCUT2D eigenvalue weighted by Crippen LogP contribution is 2.38. The summed E-state index contributed by atoms with van der Waals surface area (Å²) in [6, 6.07) is 21.7. The minimum Gasteiger partial charge on any atom is -0.378 e. The number of hydrogen-bond donors (Lipinski definition) is 1. The van der Waals surface area contributed by atoms with Crippen LogP contribution < -0.4 is 10.2 Å². The van der Waals surface area contributed by atoms with Gasteiger partial charge in [0.25, 0.3) is 0 Å². The maximum atomic E-state index is 5.45. The number of nitrogens with one attached hydrogen (secondary N) is 1. The molecule has 1 fully saturated rings. The number of hydrogen-bond acceptors (Lipinski definition) is 3. The molecule has 1 N–H and O–H groups in total. The fourth-order valence-corrected chi connectivity index (χ4v) is 3.83. The number of ether oxygens (including phenoxy) is 1. The van der Waals surface area contributed by atoms with Gasteiger partial charge in [0.05, 0.1) is 18.9 Å². The van der Waals surface area contributed by atoms with Crippen LogP contribution in [0.3, 0.4) is 0 Å². The van der Waals surface area contributed by atoms with Crippen LogP contribution in [0.1, 0.15) is 11.7 Å². The molecule has 0 radical (unpaired) electrons. The highest BCUT2D eigenvalue weighted by atomic mass is 16.5. The molecule has 4 nitrogen and oxygen atoms in total. The van der Waals surface area contributed by atoms with Gasteiger partial charge in [0.15, 0.2) is 0 Å². The lowest BCUT2D eigenvalue weighted by Crippen LogP contribution is -2.36. The lowest BCUT2D eigenvalue weighted by atomic mass is 10.0. The number of aromatic nitrogens is 1. The monoisotopic (exact) mass is 331 g/mol. The quantitative estimate of drug-likeness (QED) is 0.771. The van der Waals surface area contributed by atoms with Crippen molar-refractivity contribution in [2.45, 2.75) is 6.17 Å². The fraction of sp³-hybridized carbons (Fsp3) is 0.238. The van der Waals surface area contributed by atoms with Gasteiger partial charge < -0.3 is 19.5 Å². The lowest BCUT2D eigenvalue weighted by Gasteiger charge is -2.32. The predicted octanol–water partition coefficient (Wildman–Crippen LogP) is 3.96. The van der Waals surface area contributed by atoms with Gasteiger partial charge in [-0.3, -0.25) is 0 Å². The predicted molar refractivity (Wildman–Crippen MR) is 101 cm³/mol. The summed E-state index contributed by atoms with van der Waals surface area (Å²) in [6.07, 6.45) is 2.28. The standard InChI is InChI=1S/C21H21N3O/c1-2-5-19-18(4-1)20-6-3-11-24(20)21(22-19)16-7-9-17(10-8-16)23-12-14-25-15-13-23/h1-11,21-22H,12-15H2. The maximum absolute atomic E-state index is 5.45. The third-order valence-corrected chi connectivity index (χ3v) is 5.14. The van der Waals surface area contributed by atoms with Crippen LogP contribution in [0.2, 0.25) is 0 Å². The first-order valence-electron chi connectivity index (χ1n) is 8.85. The Morgan fingerprint density at radius 2 is 1.68 bits per heavy atom. The molecule has 0 amide bonds. The molecule has 0 bridgehead atoms. The van der Waals surface area contributed by atoms with Gasteiger partial charge >= 0.3 is 0 Å². The smallest absolute Gasteiger partial charge is 0.129 e. The molecule has 126 valence electrons. The van der Waals surface area contributed by atoms with Gasteiger partial charge in [-0.05, 0) is 35.9 Å². The molecule has 5 rings (SSSR count). The normalized spacial score (nSPS) is 19.0. The minimum absolute atomic E-state index is 0.124. The zero-order chi connectivity index (χ0) is 16.6. The summed E-state index contributed by atoms with van der Waals surface area (Å²) in [5, 5.41) is 3.68. The number of morpholine rings is 1. The van der Waals surface area contributed by atoms with E-state index in [1.165, 1.54) is 28.2 Å². The van der Waals surface area contributed by atoms with Gasteiger partial charge in [0.2, 0.25) is 0 Å². The average Bonchev–Trinajstić information content (AvgIpc) is 3.18. The molecule has 25 heavy (non-hydrogen) atoms. The first kappa shape index (κ1) is 14.6. The van der Waals surface area contributed by atoms with Crippen LogP contribution in [0.15, 0.2) is 66.9 Å². The molecule has 1 aromatic heterocycles. The SMILES string of the molecule is c1ccc2c(c1)NC(c1ccc(N3CCOCC3)cc1)n1cccc1-2. The minimum atomic E-state index is 0.124. The van der Waals surface area contributed by atoms with Crippen molar-refractivity contribution in [1.82, 2.24) is 4.57 Å². The molecule has 3 aromatic rings. The second-order valence-electron chi connectivity index (χ2n) is 6.58. The molecule has 0 aliphatic carbocycles. The number of fused-ring (bicyclic) bond motifs is 3. The van der Waals surface area contributed by atoms with Gasteiger partial charge in [-0.2, -0.15) is 0 Å². The van der Waals surface area contributed by atoms with E-state index in [1.54, 1.807) is 0 Å². The van der Waals surface area contributed by atoms with E-state index in [4.69, 9.17) is 4.74 Å². The maximum Gasteiger partial charge on any atom is 0.129 e. The van der Waals surface area contributed by atoms with Crippen molar-refractivity contribution in [1.29, 1.82) is 0 Å². The Morgan fingerprint density at radius 3 is 2.52 bits per heavy atom. The van der Waals surface area contributed by atoms with Crippen LogP contribution in [-0.4, -0.2) is 30.9 Å². The Balaban J connectivity index is 1.48. The van der Waals surface area contributed by atoms with Gasteiger partial charge in [-0.1, -0.05) is 30.3 Å². The highest BCUT2D eigenvalue weighted by Gasteiger charge is 2.24. The Hall–Kier alpha value is -2.72. The molecule has 1 atom stereocenters. The van der Waals surface area contributed by atoms with Crippen LogP contribution in [0, 0.1) is 0 Å². The van der Waals surface area contributed by atoms with Gasteiger partial charge in [0, 0.05) is 36.2 Å². The third kappa shape index (κ3) is 2.50. The van der Waals surface area contributed by atoms with Gasteiger partial charge in [-0.25, -0.2) is 0 Å². The first-order chi connectivity index (χ1) is 12.4. The number of anilines is 2. The summed E-state index contributed by atoms with van der Waals surface area (Å²) in [5.41, 5.74) is 6.25. The summed E-state index contributed by atoms with van der Waals surface area (Å²) >= 11 is 0. The molecule has 2 aliphatic rings. The largest absolute Gasteiger partial charge is 0.378 e. The van der Waals surface area contributed by atoms with E-state index in [0.29, 0.717) is 0 Å². The summed E-state index contributed by atoms with van der Waals surface area (Å²) < 4.78 is 7.76. The van der Waals surface area contributed by atoms with E-state index in [2.05, 4.69) is 81.6 Å². The zero-order valence-electron chi connectivity index (χ0n) is 14.1. The van der Waals surface area contributed by atoms with Crippen molar-refractivity contribution in [2.24, 2.45) is 0 Å². The van der Waals surface area contributed by atoms with Crippen molar-refractivity contribution in [3.8, 4) is 11.3 Å². The molecule has 1 saturated heterocycles. The molecule has 2 aliphatic heterocycles. The summed E-state index contributed by atoms with van der Waals surface area (Å²) in [7, 11) is 0. The first-order valence-corrected chi connectivity index (χ1v) is 8.85. The van der Waals surface area contributed by atoms with Crippen LogP contribution in [0.4, 0.5) is 11.4 Å². The molecule has 0 saturated carbocycles. The van der Waals surface area contributed by atoms with Crippen molar-refractivity contribution in [3.63, 3.8) is 0 Å². The lowest BCUT2D eigenvalue weighted by molar-refractivity contribution is 0.122. The third-order valence-electron chi connectivity index (χ3n) is 5.14. The Labute approximate surface area is 147 Å². The van der Waals surface area contributed by atoms with Gasteiger partial charge in [-0.15, -0.1) is 0 Å². The Morgan fingerprint density at radius 1 is 0.880 bits per heavy atom. The molecular formula is C21H21N3O. The molecule has 2 aromatic carbocycles. The van der Waals surface area contributed by atoms with Crippen LogP contribution in [-0.2, 0) is 4.74 Å². The Kier molecular flexibility index (Phi) is 3.49. The second-order valence-corrected chi connectivity index (χ2v) is 6.58. The molecule has 4 heteroatoms. The Bertz CT molecular complexity index is 878. The number of benzene rings is 2. The van der Waals surface area contributed by atoms with Crippen molar-refractivity contribution < 1.29 is 4.74 Å². The summed E-state index contributed by atoms with van der Waals surface area (Å²) in [6.45, 7) is 3.57. The van der Waals surface area contributed by atoms with Crippen LogP contribution >= 0.6 is 0 Å². The topological polar surface area (TPSA) is 29.4 Å². The van der Waals surface area contributed by atoms with E-state index in [0.717, 1.165) is 26.3 Å². The van der Waals surface area contributed by atoms with Crippen LogP contribution in [0.25, 0.3) is 11.3 Å². The van der Waals surface area contributed by atoms with E-state index in [9.17, 15) is 0 Å². The van der Waals surface area contributed by atoms with Crippen LogP contribution in [0.5, 0.6) is 0 Å². The average molecular weight is 331 g/mol. The highest BCUT2D eigenvalue weighted by molar-refractivity contribution is 5.78. The number of para-hydroxylation sites is 1. The number of nitrogens with zero attached hydrogens (tertiary/aromatic N) is 2. The summed E-state index contributed by atoms with van der Waals surface area (Å²) in [5.74, 6) is 0. The molecular weight excluding hydrogens is 310 g/mol. The fourth-order valence-electron chi connectivity index (χ4n) is 3.83. The van der Waals surface area contributed by atoms with E-state index in [-0.39, 0.29) is 6.17 Å². The van der Waals surface area contributed by atoms with Crippen molar-refractivity contribution in [3.05, 3.63) is 72.4 Å². The second kappa shape index (κ2) is 5.97. The summed E-state index contributed by atoms with van der Waals surface area (Å²) in [4.78, 5) is 2.39. The van der Waals surface area contributed by atoms with Gasteiger partial charge in [0.1, 0.15) is 6.17 Å². The number of rotatable bonds is 2.